The molecule has 0 aromatic heterocycles. The fraction of sp³-hybridized carbons (Fsp3) is 0.364. The molecule has 0 fully saturated rings. The van der Waals surface area contributed by atoms with Crippen molar-refractivity contribution in [2.24, 2.45) is 0 Å². The summed E-state index contributed by atoms with van der Waals surface area (Å²) < 4.78 is 5.58. The van der Waals surface area contributed by atoms with Crippen molar-refractivity contribution in [3.05, 3.63) is 28.2 Å². The summed E-state index contributed by atoms with van der Waals surface area (Å²) in [6, 6.07) is 5.75. The van der Waals surface area contributed by atoms with Gasteiger partial charge in [-0.25, -0.2) is 0 Å². The summed E-state index contributed by atoms with van der Waals surface area (Å²) in [5, 5.41) is 0. The summed E-state index contributed by atoms with van der Waals surface area (Å²) in [5.74, 6) is 1.46. The Morgan fingerprint density at radius 3 is 2.94 bits per heavy atom. The lowest BCUT2D eigenvalue weighted by molar-refractivity contribution is -0.140. The Balaban J connectivity index is 2.35. The first-order valence-corrected chi connectivity index (χ1v) is 6.76. The minimum Gasteiger partial charge on any atom is -0.469 e. The van der Waals surface area contributed by atoms with Crippen LogP contribution in [0.15, 0.2) is 22.7 Å². The first kappa shape index (κ1) is 13.4. The predicted molar refractivity (Wildman–Crippen MR) is 71.3 cm³/mol. The summed E-state index contributed by atoms with van der Waals surface area (Å²) >= 11 is 5.16. The van der Waals surface area contributed by atoms with Crippen LogP contribution in [0.1, 0.15) is 12.0 Å². The lowest BCUT2D eigenvalue weighted by atomic mass is 10.2. The fourth-order valence-corrected chi connectivity index (χ4v) is 2.77. The van der Waals surface area contributed by atoms with Crippen molar-refractivity contribution >= 4 is 39.3 Å². The van der Waals surface area contributed by atoms with Crippen LogP contribution >= 0.6 is 27.7 Å². The van der Waals surface area contributed by atoms with Gasteiger partial charge in [0, 0.05) is 21.7 Å². The molecule has 0 saturated heterocycles. The van der Waals surface area contributed by atoms with E-state index >= 15 is 0 Å². The van der Waals surface area contributed by atoms with Crippen LogP contribution in [0.5, 0.6) is 0 Å². The molecule has 88 valence electrons. The third-order valence-electron chi connectivity index (χ3n) is 2.01. The zero-order valence-corrected chi connectivity index (χ0v) is 11.4. The summed E-state index contributed by atoms with van der Waals surface area (Å²) in [6.45, 7) is 0. The van der Waals surface area contributed by atoms with Gasteiger partial charge < -0.3 is 10.5 Å². The molecule has 0 aliphatic rings. The zero-order valence-electron chi connectivity index (χ0n) is 9.03. The molecule has 1 aromatic carbocycles. The number of halogens is 1. The highest BCUT2D eigenvalue weighted by molar-refractivity contribution is 9.10. The quantitative estimate of drug-likeness (QED) is 0.516. The molecular formula is C11H14BrNO2S. The molecule has 2 N–H and O–H groups in total. The van der Waals surface area contributed by atoms with E-state index < -0.39 is 0 Å². The molecule has 0 saturated carbocycles. The van der Waals surface area contributed by atoms with E-state index in [-0.39, 0.29) is 5.97 Å². The third kappa shape index (κ3) is 4.45. The number of rotatable bonds is 5. The Bertz CT molecular complexity index is 371. The maximum absolute atomic E-state index is 10.9. The van der Waals surface area contributed by atoms with E-state index in [9.17, 15) is 4.79 Å². The Hall–Kier alpha value is -0.680. The van der Waals surface area contributed by atoms with E-state index in [1.807, 2.05) is 18.2 Å². The van der Waals surface area contributed by atoms with Gasteiger partial charge >= 0.3 is 5.97 Å². The van der Waals surface area contributed by atoms with Gasteiger partial charge in [-0.3, -0.25) is 4.79 Å². The molecule has 0 unspecified atom stereocenters. The smallest absolute Gasteiger partial charge is 0.306 e. The largest absolute Gasteiger partial charge is 0.469 e. The van der Waals surface area contributed by atoms with E-state index in [1.54, 1.807) is 11.8 Å². The van der Waals surface area contributed by atoms with Crippen molar-refractivity contribution in [2.45, 2.75) is 12.2 Å². The number of nitrogen functional groups attached to an aromatic ring is 1. The summed E-state index contributed by atoms with van der Waals surface area (Å²) in [5.41, 5.74) is 7.57. The monoisotopic (exact) mass is 303 g/mol. The standard InChI is InChI=1S/C11H14BrNO2S/c1-15-11(14)4-5-16-7-8-2-3-9(13)6-10(8)12/h2-3,6H,4-5,7,13H2,1H3. The van der Waals surface area contributed by atoms with E-state index in [1.165, 1.54) is 12.7 Å². The summed E-state index contributed by atoms with van der Waals surface area (Å²) in [6.07, 6.45) is 0.452. The zero-order chi connectivity index (χ0) is 12.0. The van der Waals surface area contributed by atoms with E-state index in [0.717, 1.165) is 21.7 Å². The van der Waals surface area contributed by atoms with Gasteiger partial charge in [-0.05, 0) is 17.7 Å². The molecular weight excluding hydrogens is 290 g/mol. The van der Waals surface area contributed by atoms with Gasteiger partial charge in [0.1, 0.15) is 0 Å². The van der Waals surface area contributed by atoms with Crippen molar-refractivity contribution in [1.82, 2.24) is 0 Å². The van der Waals surface area contributed by atoms with Crippen LogP contribution in [0.3, 0.4) is 0 Å². The van der Waals surface area contributed by atoms with E-state index in [4.69, 9.17) is 5.73 Å². The Morgan fingerprint density at radius 1 is 1.56 bits per heavy atom. The average Bonchev–Trinajstić information content (AvgIpc) is 2.26. The highest BCUT2D eigenvalue weighted by atomic mass is 79.9. The predicted octanol–water partition coefficient (Wildman–Crippen LogP) is 2.83. The number of carbonyl (C=O) groups excluding carboxylic acids is 1. The second-order valence-corrected chi connectivity index (χ2v) is 5.19. The number of esters is 1. The minimum atomic E-state index is -0.163. The van der Waals surface area contributed by atoms with Crippen LogP contribution in [0, 0.1) is 0 Å². The van der Waals surface area contributed by atoms with Crippen molar-refractivity contribution in [2.75, 3.05) is 18.6 Å². The minimum absolute atomic E-state index is 0.163. The van der Waals surface area contributed by atoms with Crippen molar-refractivity contribution < 1.29 is 9.53 Å². The van der Waals surface area contributed by atoms with Crippen molar-refractivity contribution in [1.29, 1.82) is 0 Å². The third-order valence-corrected chi connectivity index (χ3v) is 3.76. The second-order valence-electron chi connectivity index (χ2n) is 3.23. The van der Waals surface area contributed by atoms with Crippen LogP contribution in [0.25, 0.3) is 0 Å². The SMILES string of the molecule is COC(=O)CCSCc1ccc(N)cc1Br. The summed E-state index contributed by atoms with van der Waals surface area (Å²) in [7, 11) is 1.41. The molecule has 1 rings (SSSR count). The molecule has 0 heterocycles. The lowest BCUT2D eigenvalue weighted by Crippen LogP contribution is -2.01. The van der Waals surface area contributed by atoms with Gasteiger partial charge in [-0.2, -0.15) is 11.8 Å². The van der Waals surface area contributed by atoms with E-state index in [2.05, 4.69) is 20.7 Å². The topological polar surface area (TPSA) is 52.3 Å². The Labute approximate surface area is 108 Å². The maximum atomic E-state index is 10.9. The molecule has 5 heteroatoms. The number of thioether (sulfide) groups is 1. The molecule has 16 heavy (non-hydrogen) atoms. The van der Waals surface area contributed by atoms with Gasteiger partial charge in [0.2, 0.25) is 0 Å². The van der Waals surface area contributed by atoms with Gasteiger partial charge in [0.25, 0.3) is 0 Å². The molecule has 0 spiro atoms. The molecule has 0 amide bonds. The number of benzene rings is 1. The van der Waals surface area contributed by atoms with Crippen LogP contribution < -0.4 is 5.73 Å². The molecule has 0 atom stereocenters. The second kappa shape index (κ2) is 6.81. The average molecular weight is 304 g/mol. The normalized spacial score (nSPS) is 10.1. The molecule has 0 aliphatic heterocycles. The molecule has 0 radical (unpaired) electrons. The lowest BCUT2D eigenvalue weighted by Gasteiger charge is -2.05. The first-order chi connectivity index (χ1) is 7.63. The Morgan fingerprint density at radius 2 is 2.31 bits per heavy atom. The molecule has 0 bridgehead atoms. The van der Waals surface area contributed by atoms with Crippen LogP contribution in [0.2, 0.25) is 0 Å². The highest BCUT2D eigenvalue weighted by Gasteiger charge is 2.03. The number of nitrogens with two attached hydrogens (primary N) is 1. The number of anilines is 1. The maximum Gasteiger partial charge on any atom is 0.306 e. The number of ether oxygens (including phenoxy) is 1. The first-order valence-electron chi connectivity index (χ1n) is 4.82. The number of carbonyl (C=O) groups is 1. The molecule has 0 aliphatic carbocycles. The number of hydrogen-bond donors (Lipinski definition) is 1. The number of hydrogen-bond acceptors (Lipinski definition) is 4. The number of methoxy groups -OCH3 is 1. The molecule has 1 aromatic rings. The van der Waals surface area contributed by atoms with Gasteiger partial charge in [0.15, 0.2) is 0 Å². The van der Waals surface area contributed by atoms with Gasteiger partial charge in [-0.1, -0.05) is 22.0 Å². The van der Waals surface area contributed by atoms with Gasteiger partial charge in [-0.15, -0.1) is 0 Å². The summed E-state index contributed by atoms with van der Waals surface area (Å²) in [4.78, 5) is 10.9. The molecule has 3 nitrogen and oxygen atoms in total. The van der Waals surface area contributed by atoms with Crippen molar-refractivity contribution in [3.8, 4) is 0 Å². The fourth-order valence-electron chi connectivity index (χ4n) is 1.12. The van der Waals surface area contributed by atoms with Crippen LogP contribution in [0.4, 0.5) is 5.69 Å². The van der Waals surface area contributed by atoms with Crippen molar-refractivity contribution in [3.63, 3.8) is 0 Å². The Kier molecular flexibility index (Phi) is 5.69. The van der Waals surface area contributed by atoms with Crippen LogP contribution in [-0.4, -0.2) is 18.8 Å². The highest BCUT2D eigenvalue weighted by Crippen LogP contribution is 2.24. The van der Waals surface area contributed by atoms with Gasteiger partial charge in [0.05, 0.1) is 13.5 Å². The van der Waals surface area contributed by atoms with Crippen LogP contribution in [-0.2, 0) is 15.3 Å². The van der Waals surface area contributed by atoms with E-state index in [0.29, 0.717) is 6.42 Å².